The highest BCUT2D eigenvalue weighted by Gasteiger charge is 2.18. The number of hydrogen-bond acceptors (Lipinski definition) is 4. The van der Waals surface area contributed by atoms with Crippen molar-refractivity contribution in [3.8, 4) is 6.07 Å². The van der Waals surface area contributed by atoms with Gasteiger partial charge in [0.25, 0.3) is 0 Å². The molecular formula is C10H11ClN2O2. The average Bonchev–Trinajstić information content (AvgIpc) is 2.21. The number of rotatable bonds is 3. The van der Waals surface area contributed by atoms with Crippen LogP contribution in [-0.2, 0) is 0 Å². The molecule has 0 fully saturated rings. The van der Waals surface area contributed by atoms with E-state index >= 15 is 0 Å². The first-order valence-electron chi connectivity index (χ1n) is 4.41. The lowest BCUT2D eigenvalue weighted by Crippen LogP contribution is -2.17. The van der Waals surface area contributed by atoms with Gasteiger partial charge >= 0.3 is 0 Å². The zero-order valence-electron chi connectivity index (χ0n) is 8.18. The van der Waals surface area contributed by atoms with Crippen LogP contribution in [0.1, 0.15) is 23.7 Å². The minimum absolute atomic E-state index is 0.122. The van der Waals surface area contributed by atoms with Gasteiger partial charge < -0.3 is 10.2 Å². The van der Waals surface area contributed by atoms with E-state index in [-0.39, 0.29) is 6.42 Å². The molecule has 1 aromatic rings. The van der Waals surface area contributed by atoms with E-state index in [2.05, 4.69) is 4.98 Å². The second-order valence-electron chi connectivity index (χ2n) is 3.25. The standard InChI is InChI=1S/C10H11ClN2O2/c1-6-4-7(5-13-10(6)11)9(15)8(14)2-3-12/h4-5,8-9,14-15H,2H2,1H3. The number of aliphatic hydroxyl groups excluding tert-OH is 2. The zero-order chi connectivity index (χ0) is 11.4. The van der Waals surface area contributed by atoms with Crippen LogP contribution in [0, 0.1) is 18.3 Å². The van der Waals surface area contributed by atoms with Gasteiger partial charge in [0.2, 0.25) is 0 Å². The summed E-state index contributed by atoms with van der Waals surface area (Å²) in [4.78, 5) is 3.85. The van der Waals surface area contributed by atoms with Crippen molar-refractivity contribution in [1.29, 1.82) is 5.26 Å². The molecule has 1 rings (SSSR count). The minimum Gasteiger partial charge on any atom is -0.389 e. The molecule has 1 aromatic heterocycles. The average molecular weight is 227 g/mol. The molecule has 0 aromatic carbocycles. The van der Waals surface area contributed by atoms with Crippen LogP contribution in [0.3, 0.4) is 0 Å². The Labute approximate surface area is 92.8 Å². The van der Waals surface area contributed by atoms with Crippen molar-refractivity contribution in [1.82, 2.24) is 4.98 Å². The lowest BCUT2D eigenvalue weighted by molar-refractivity contribution is 0.0214. The van der Waals surface area contributed by atoms with E-state index in [9.17, 15) is 10.2 Å². The van der Waals surface area contributed by atoms with Crippen molar-refractivity contribution >= 4 is 11.6 Å². The van der Waals surface area contributed by atoms with Crippen molar-refractivity contribution in [2.24, 2.45) is 0 Å². The van der Waals surface area contributed by atoms with E-state index in [1.165, 1.54) is 6.20 Å². The molecule has 80 valence electrons. The first-order chi connectivity index (χ1) is 7.06. The Morgan fingerprint density at radius 3 is 2.80 bits per heavy atom. The Balaban J connectivity index is 2.87. The summed E-state index contributed by atoms with van der Waals surface area (Å²) in [6.45, 7) is 1.75. The van der Waals surface area contributed by atoms with Crippen LogP contribution < -0.4 is 0 Å². The van der Waals surface area contributed by atoms with Crippen molar-refractivity contribution in [2.45, 2.75) is 25.6 Å². The fourth-order valence-electron chi connectivity index (χ4n) is 1.17. The van der Waals surface area contributed by atoms with E-state index in [4.69, 9.17) is 16.9 Å². The molecule has 15 heavy (non-hydrogen) atoms. The second-order valence-corrected chi connectivity index (χ2v) is 3.61. The van der Waals surface area contributed by atoms with Crippen LogP contribution in [0.2, 0.25) is 5.15 Å². The highest BCUT2D eigenvalue weighted by atomic mass is 35.5. The lowest BCUT2D eigenvalue weighted by atomic mass is 10.0. The summed E-state index contributed by atoms with van der Waals surface area (Å²) in [6.07, 6.45) is -0.936. The molecule has 1 heterocycles. The Bertz CT molecular complexity index is 389. The number of pyridine rings is 1. The van der Waals surface area contributed by atoms with Gasteiger partial charge in [-0.25, -0.2) is 4.98 Å². The third-order valence-electron chi connectivity index (χ3n) is 2.04. The van der Waals surface area contributed by atoms with Crippen LogP contribution in [0.25, 0.3) is 0 Å². The molecule has 5 heteroatoms. The number of nitriles is 1. The number of aryl methyl sites for hydroxylation is 1. The first kappa shape index (κ1) is 11.9. The number of halogens is 1. The first-order valence-corrected chi connectivity index (χ1v) is 4.79. The smallest absolute Gasteiger partial charge is 0.131 e. The summed E-state index contributed by atoms with van der Waals surface area (Å²) in [5, 5.41) is 27.8. The third-order valence-corrected chi connectivity index (χ3v) is 2.44. The van der Waals surface area contributed by atoms with Gasteiger partial charge in [-0.1, -0.05) is 11.6 Å². The summed E-state index contributed by atoms with van der Waals surface area (Å²) in [5.41, 5.74) is 1.18. The molecule has 0 aliphatic heterocycles. The van der Waals surface area contributed by atoms with E-state index in [0.717, 1.165) is 5.56 Å². The highest BCUT2D eigenvalue weighted by molar-refractivity contribution is 6.30. The Hall–Kier alpha value is -1.15. The van der Waals surface area contributed by atoms with Crippen molar-refractivity contribution < 1.29 is 10.2 Å². The van der Waals surface area contributed by atoms with Crippen molar-refractivity contribution in [3.63, 3.8) is 0 Å². The van der Waals surface area contributed by atoms with E-state index in [1.807, 2.05) is 0 Å². The predicted octanol–water partition coefficient (Wildman–Crippen LogP) is 1.35. The van der Waals surface area contributed by atoms with E-state index < -0.39 is 12.2 Å². The summed E-state index contributed by atoms with van der Waals surface area (Å²) in [6, 6.07) is 3.43. The molecule has 4 nitrogen and oxygen atoms in total. The van der Waals surface area contributed by atoms with Crippen molar-refractivity contribution in [2.75, 3.05) is 0 Å². The van der Waals surface area contributed by atoms with Crippen LogP contribution in [0.4, 0.5) is 0 Å². The van der Waals surface area contributed by atoms with Crippen LogP contribution in [0.5, 0.6) is 0 Å². The number of hydrogen-bond donors (Lipinski definition) is 2. The maximum absolute atomic E-state index is 9.65. The van der Waals surface area contributed by atoms with Gasteiger partial charge in [-0.3, -0.25) is 0 Å². The monoisotopic (exact) mass is 226 g/mol. The summed E-state index contributed by atoms with van der Waals surface area (Å²) in [7, 11) is 0. The molecular weight excluding hydrogens is 216 g/mol. The van der Waals surface area contributed by atoms with Gasteiger partial charge in [-0.2, -0.15) is 5.26 Å². The molecule has 2 atom stereocenters. The molecule has 2 N–H and O–H groups in total. The van der Waals surface area contributed by atoms with Gasteiger partial charge in [0, 0.05) is 11.8 Å². The summed E-state index contributed by atoms with van der Waals surface area (Å²) in [5.74, 6) is 0. The highest BCUT2D eigenvalue weighted by Crippen LogP contribution is 2.21. The molecule has 0 bridgehead atoms. The molecule has 0 saturated carbocycles. The third kappa shape index (κ3) is 2.90. The Morgan fingerprint density at radius 2 is 2.27 bits per heavy atom. The normalized spacial score (nSPS) is 14.3. The molecule has 2 unspecified atom stereocenters. The fourth-order valence-corrected chi connectivity index (χ4v) is 1.27. The molecule has 0 aliphatic rings. The van der Waals surface area contributed by atoms with Gasteiger partial charge in [-0.15, -0.1) is 0 Å². The largest absolute Gasteiger partial charge is 0.389 e. The predicted molar refractivity (Wildman–Crippen MR) is 55.2 cm³/mol. The number of aromatic nitrogens is 1. The Kier molecular flexibility index (Phi) is 4.04. The molecule has 0 amide bonds. The SMILES string of the molecule is Cc1cc(C(O)C(O)CC#N)cnc1Cl. The molecule has 0 radical (unpaired) electrons. The number of nitrogens with zero attached hydrogens (tertiary/aromatic N) is 2. The maximum atomic E-state index is 9.65. The summed E-state index contributed by atoms with van der Waals surface area (Å²) < 4.78 is 0. The topological polar surface area (TPSA) is 77.1 Å². The van der Waals surface area contributed by atoms with Gasteiger partial charge in [-0.05, 0) is 18.6 Å². The molecule has 0 saturated heterocycles. The minimum atomic E-state index is -1.10. The van der Waals surface area contributed by atoms with Crippen LogP contribution >= 0.6 is 11.6 Å². The van der Waals surface area contributed by atoms with Gasteiger partial charge in [0.1, 0.15) is 11.3 Å². The maximum Gasteiger partial charge on any atom is 0.131 e. The van der Waals surface area contributed by atoms with E-state index in [1.54, 1.807) is 19.1 Å². The molecule has 0 aliphatic carbocycles. The second kappa shape index (κ2) is 5.08. The zero-order valence-corrected chi connectivity index (χ0v) is 8.94. The number of aliphatic hydroxyl groups is 2. The van der Waals surface area contributed by atoms with Gasteiger partial charge in [0.15, 0.2) is 0 Å². The fraction of sp³-hybridized carbons (Fsp3) is 0.400. The van der Waals surface area contributed by atoms with Gasteiger partial charge in [0.05, 0.1) is 18.6 Å². The Morgan fingerprint density at radius 1 is 1.60 bits per heavy atom. The van der Waals surface area contributed by atoms with E-state index in [0.29, 0.717) is 10.7 Å². The summed E-state index contributed by atoms with van der Waals surface area (Å²) >= 11 is 5.72. The van der Waals surface area contributed by atoms with Crippen LogP contribution in [0.15, 0.2) is 12.3 Å². The lowest BCUT2D eigenvalue weighted by Gasteiger charge is -2.15. The van der Waals surface area contributed by atoms with Crippen LogP contribution in [-0.4, -0.2) is 21.3 Å². The van der Waals surface area contributed by atoms with Crippen molar-refractivity contribution in [3.05, 3.63) is 28.5 Å². The quantitative estimate of drug-likeness (QED) is 0.763. The molecule has 0 spiro atoms.